The second-order valence-corrected chi connectivity index (χ2v) is 11.6. The summed E-state index contributed by atoms with van der Waals surface area (Å²) in [5.41, 5.74) is 3.73. The number of para-hydroxylation sites is 1. The van der Waals surface area contributed by atoms with E-state index in [0.717, 1.165) is 92.0 Å². The molecule has 3 aliphatic heterocycles. The summed E-state index contributed by atoms with van der Waals surface area (Å²) in [6, 6.07) is 31.0. The Morgan fingerprint density at radius 2 is 1.11 bits per heavy atom. The monoisotopic (exact) mass is 586 g/mol. The molecule has 7 nitrogen and oxygen atoms in total. The maximum absolute atomic E-state index is 7.00. The molecule has 3 aliphatic rings. The normalized spacial score (nSPS) is 20.2. The van der Waals surface area contributed by atoms with Crippen LogP contribution in [-0.4, -0.2) is 58.0 Å². The van der Waals surface area contributed by atoms with Crippen molar-refractivity contribution in [2.75, 3.05) is 39.6 Å². The van der Waals surface area contributed by atoms with Crippen LogP contribution in [0.5, 0.6) is 17.2 Å². The maximum Gasteiger partial charge on any atom is 0.147 e. The lowest BCUT2D eigenvalue weighted by molar-refractivity contribution is 0.263. The molecular formula is C37H30O7. The second-order valence-electron chi connectivity index (χ2n) is 11.6. The first-order valence-corrected chi connectivity index (χ1v) is 15.1. The molecule has 3 atom stereocenters. The molecule has 220 valence electrons. The van der Waals surface area contributed by atoms with E-state index in [1.807, 2.05) is 42.5 Å². The predicted molar refractivity (Wildman–Crippen MR) is 168 cm³/mol. The van der Waals surface area contributed by atoms with Gasteiger partial charge in [-0.2, -0.15) is 0 Å². The van der Waals surface area contributed by atoms with Gasteiger partial charge in [-0.05, 0) is 46.7 Å². The van der Waals surface area contributed by atoms with E-state index in [-0.39, 0.29) is 18.3 Å². The Morgan fingerprint density at radius 3 is 1.82 bits per heavy atom. The highest BCUT2D eigenvalue weighted by Gasteiger charge is 2.28. The molecular weight excluding hydrogens is 556 g/mol. The largest absolute Gasteiger partial charge is 0.491 e. The Bertz CT molecular complexity index is 2000. The van der Waals surface area contributed by atoms with Crippen molar-refractivity contribution in [2.24, 2.45) is 0 Å². The molecule has 0 radical (unpaired) electrons. The molecule has 4 heterocycles. The third-order valence-electron chi connectivity index (χ3n) is 8.41. The molecule has 3 saturated heterocycles. The summed E-state index contributed by atoms with van der Waals surface area (Å²) in [5, 5.41) is 5.27. The van der Waals surface area contributed by atoms with Crippen molar-refractivity contribution in [1.29, 1.82) is 0 Å². The van der Waals surface area contributed by atoms with Crippen molar-refractivity contribution >= 4 is 32.5 Å². The molecule has 0 bridgehead atoms. The van der Waals surface area contributed by atoms with Crippen LogP contribution in [0.2, 0.25) is 0 Å². The van der Waals surface area contributed by atoms with Crippen LogP contribution in [0.25, 0.3) is 55.0 Å². The molecule has 0 amide bonds. The van der Waals surface area contributed by atoms with Crippen LogP contribution in [-0.2, 0) is 14.2 Å². The van der Waals surface area contributed by atoms with Gasteiger partial charge in [0.1, 0.15) is 66.7 Å². The molecule has 0 N–H and O–H groups in total. The number of fused-ring (bicyclic) bond motifs is 6. The minimum atomic E-state index is 0.138. The van der Waals surface area contributed by atoms with Crippen molar-refractivity contribution in [3.05, 3.63) is 91.0 Å². The first-order chi connectivity index (χ1) is 21.8. The molecule has 7 heteroatoms. The molecule has 0 aliphatic carbocycles. The van der Waals surface area contributed by atoms with Gasteiger partial charge in [0.15, 0.2) is 0 Å². The van der Waals surface area contributed by atoms with E-state index in [0.29, 0.717) is 19.8 Å². The highest BCUT2D eigenvalue weighted by molar-refractivity contribution is 6.29. The third-order valence-corrected chi connectivity index (χ3v) is 8.41. The van der Waals surface area contributed by atoms with Gasteiger partial charge >= 0.3 is 0 Å². The molecule has 6 aromatic rings. The van der Waals surface area contributed by atoms with E-state index in [9.17, 15) is 0 Å². The summed E-state index contributed by atoms with van der Waals surface area (Å²) in [5.74, 6) is 3.14. The molecule has 0 saturated carbocycles. The molecule has 1 aromatic heterocycles. The van der Waals surface area contributed by atoms with Crippen LogP contribution in [0.4, 0.5) is 0 Å². The molecule has 44 heavy (non-hydrogen) atoms. The Hall–Kier alpha value is -4.56. The number of hydrogen-bond acceptors (Lipinski definition) is 7. The van der Waals surface area contributed by atoms with E-state index in [1.165, 1.54) is 0 Å². The molecule has 3 unspecified atom stereocenters. The van der Waals surface area contributed by atoms with E-state index in [4.69, 9.17) is 32.8 Å². The average Bonchev–Trinajstić information content (AvgIpc) is 3.94. The molecule has 5 aromatic carbocycles. The summed E-state index contributed by atoms with van der Waals surface area (Å²) in [6.45, 7) is 3.82. The van der Waals surface area contributed by atoms with Crippen molar-refractivity contribution in [1.82, 2.24) is 0 Å². The first kappa shape index (κ1) is 25.9. The zero-order valence-electron chi connectivity index (χ0n) is 24.0. The Kier molecular flexibility index (Phi) is 6.21. The van der Waals surface area contributed by atoms with Crippen LogP contribution < -0.4 is 14.2 Å². The number of benzene rings is 5. The Balaban J connectivity index is 1.28. The number of epoxide rings is 3. The van der Waals surface area contributed by atoms with Crippen LogP contribution in [0.15, 0.2) is 95.4 Å². The number of furan rings is 1. The first-order valence-electron chi connectivity index (χ1n) is 15.1. The molecule has 3 fully saturated rings. The second kappa shape index (κ2) is 10.6. The van der Waals surface area contributed by atoms with Crippen LogP contribution in [0.1, 0.15) is 0 Å². The highest BCUT2D eigenvalue weighted by atomic mass is 16.6. The van der Waals surface area contributed by atoms with Gasteiger partial charge in [0, 0.05) is 21.7 Å². The third kappa shape index (κ3) is 4.83. The summed E-state index contributed by atoms with van der Waals surface area (Å²) in [4.78, 5) is 0. The van der Waals surface area contributed by atoms with Gasteiger partial charge in [0.05, 0.1) is 25.4 Å². The fourth-order valence-electron chi connectivity index (χ4n) is 5.93. The van der Waals surface area contributed by atoms with Crippen LogP contribution in [0, 0.1) is 0 Å². The van der Waals surface area contributed by atoms with E-state index < -0.39 is 0 Å². The summed E-state index contributed by atoms with van der Waals surface area (Å²) < 4.78 is 41.7. The lowest BCUT2D eigenvalue weighted by Gasteiger charge is -2.13. The molecule has 0 spiro atoms. The number of hydrogen-bond donors (Lipinski definition) is 0. The SMILES string of the molecule is c1ccc(-c2oc3c4cccc(OCC5CO5)c4c4ccccc4c3c2-c2ccc(OCC3CO3)cc2)c(OCC2CO2)c1. The average molecular weight is 587 g/mol. The standard InChI is InChI=1S/C37H30O7/c1-2-7-28-27(6-1)34-30(9-5-11-32(34)43-21-26-19-41-26)37-35(28)33(22-12-14-23(15-13-22)38-16-24-17-39-24)36(44-37)29-8-3-4-10-31(29)42-20-25-18-40-25/h1-15,24-26H,16-21H2. The minimum absolute atomic E-state index is 0.138. The summed E-state index contributed by atoms with van der Waals surface area (Å²) in [7, 11) is 0. The topological polar surface area (TPSA) is 78.4 Å². The zero-order valence-corrected chi connectivity index (χ0v) is 24.0. The van der Waals surface area contributed by atoms with E-state index in [1.54, 1.807) is 0 Å². The van der Waals surface area contributed by atoms with Gasteiger partial charge < -0.3 is 32.8 Å². The van der Waals surface area contributed by atoms with Gasteiger partial charge in [0.2, 0.25) is 0 Å². The van der Waals surface area contributed by atoms with E-state index >= 15 is 0 Å². The maximum atomic E-state index is 7.00. The number of ether oxygens (including phenoxy) is 6. The molecule has 9 rings (SSSR count). The van der Waals surface area contributed by atoms with Crippen molar-refractivity contribution in [2.45, 2.75) is 18.3 Å². The van der Waals surface area contributed by atoms with Crippen LogP contribution >= 0.6 is 0 Å². The van der Waals surface area contributed by atoms with Gasteiger partial charge in [-0.25, -0.2) is 0 Å². The summed E-state index contributed by atoms with van der Waals surface area (Å²) in [6.07, 6.45) is 0.490. The quantitative estimate of drug-likeness (QED) is 0.116. The fraction of sp³-hybridized carbons (Fsp3) is 0.243. The Morgan fingerprint density at radius 1 is 0.545 bits per heavy atom. The lowest BCUT2D eigenvalue weighted by atomic mass is 9.92. The van der Waals surface area contributed by atoms with Gasteiger partial charge in [-0.1, -0.05) is 60.7 Å². The van der Waals surface area contributed by atoms with Gasteiger partial charge in [-0.3, -0.25) is 0 Å². The van der Waals surface area contributed by atoms with Crippen LogP contribution in [0.3, 0.4) is 0 Å². The fourth-order valence-corrected chi connectivity index (χ4v) is 5.93. The van der Waals surface area contributed by atoms with Gasteiger partial charge in [0.25, 0.3) is 0 Å². The predicted octanol–water partition coefficient (Wildman–Crippen LogP) is 7.41. The van der Waals surface area contributed by atoms with E-state index in [2.05, 4.69) is 48.5 Å². The smallest absolute Gasteiger partial charge is 0.147 e. The minimum Gasteiger partial charge on any atom is -0.491 e. The Labute approximate surface area is 253 Å². The summed E-state index contributed by atoms with van der Waals surface area (Å²) >= 11 is 0. The van der Waals surface area contributed by atoms with Crippen molar-refractivity contribution in [3.8, 4) is 39.7 Å². The lowest BCUT2D eigenvalue weighted by Crippen LogP contribution is -2.04. The highest BCUT2D eigenvalue weighted by Crippen LogP contribution is 2.50. The van der Waals surface area contributed by atoms with Gasteiger partial charge in [-0.15, -0.1) is 0 Å². The van der Waals surface area contributed by atoms with Crippen molar-refractivity contribution in [3.63, 3.8) is 0 Å². The zero-order chi connectivity index (χ0) is 29.0. The number of rotatable bonds is 11. The van der Waals surface area contributed by atoms with Crippen molar-refractivity contribution < 1.29 is 32.8 Å².